The number of esters is 1. The molecule has 0 aromatic heterocycles. The van der Waals surface area contributed by atoms with Crippen molar-refractivity contribution >= 4 is 5.97 Å². The molecule has 0 bridgehead atoms. The molecule has 72 valence electrons. The van der Waals surface area contributed by atoms with Crippen LogP contribution < -0.4 is 0 Å². The van der Waals surface area contributed by atoms with E-state index in [1.807, 2.05) is 0 Å². The second kappa shape index (κ2) is 3.52. The van der Waals surface area contributed by atoms with Gasteiger partial charge in [0.2, 0.25) is 0 Å². The lowest BCUT2D eigenvalue weighted by Gasteiger charge is -2.16. The van der Waals surface area contributed by atoms with Gasteiger partial charge >= 0.3 is 5.97 Å². The molecule has 0 N–H and O–H groups in total. The fourth-order valence-corrected chi connectivity index (χ4v) is 2.27. The molecule has 1 heterocycles. The molecule has 0 unspecified atom stereocenters. The Balaban J connectivity index is 1.93. The molecule has 1 saturated heterocycles. The summed E-state index contributed by atoms with van der Waals surface area (Å²) in [7, 11) is 0. The first-order valence-corrected chi connectivity index (χ1v) is 5.19. The lowest BCUT2D eigenvalue weighted by molar-refractivity contribution is -0.142. The standard InChI is InChI=1S/C11H16O2/c1-2-3-4-8-5-6-9-7-10(12)13-11(8)9/h5-6,8-9,11H,2-4,7H2,1H3/t8-,9-,11-/m0/s1. The molecule has 2 aliphatic rings. The zero-order valence-corrected chi connectivity index (χ0v) is 8.03. The molecule has 2 rings (SSSR count). The fourth-order valence-electron chi connectivity index (χ4n) is 2.27. The molecule has 0 aromatic carbocycles. The first-order chi connectivity index (χ1) is 6.31. The number of fused-ring (bicyclic) bond motifs is 1. The van der Waals surface area contributed by atoms with Crippen molar-refractivity contribution in [3.63, 3.8) is 0 Å². The van der Waals surface area contributed by atoms with Crippen molar-refractivity contribution in [1.82, 2.24) is 0 Å². The SMILES string of the molecule is CCCC[C@H]1C=C[C@H]2CC(=O)O[C@@H]12. The molecule has 0 amide bonds. The summed E-state index contributed by atoms with van der Waals surface area (Å²) in [5.41, 5.74) is 0. The van der Waals surface area contributed by atoms with Gasteiger partial charge in [0.1, 0.15) is 6.10 Å². The number of carbonyl (C=O) groups is 1. The molecule has 0 spiro atoms. The average molecular weight is 180 g/mol. The second-order valence-electron chi connectivity index (χ2n) is 4.01. The molecule has 2 heteroatoms. The Kier molecular flexibility index (Phi) is 2.38. The van der Waals surface area contributed by atoms with Gasteiger partial charge in [-0.1, -0.05) is 31.9 Å². The van der Waals surface area contributed by atoms with Gasteiger partial charge < -0.3 is 4.74 Å². The summed E-state index contributed by atoms with van der Waals surface area (Å²) < 4.78 is 5.29. The van der Waals surface area contributed by atoms with E-state index in [2.05, 4.69) is 19.1 Å². The maximum atomic E-state index is 11.0. The third-order valence-electron chi connectivity index (χ3n) is 3.01. The Bertz CT molecular complexity index is 232. The van der Waals surface area contributed by atoms with Gasteiger partial charge in [-0.3, -0.25) is 4.79 Å². The minimum absolute atomic E-state index is 0.0131. The molecule has 1 aliphatic carbocycles. The molecular formula is C11H16O2. The van der Waals surface area contributed by atoms with Crippen LogP contribution in [0.25, 0.3) is 0 Å². The van der Waals surface area contributed by atoms with Crippen LogP contribution in [0.15, 0.2) is 12.2 Å². The predicted molar refractivity (Wildman–Crippen MR) is 50.1 cm³/mol. The molecule has 3 atom stereocenters. The summed E-state index contributed by atoms with van der Waals surface area (Å²) >= 11 is 0. The highest BCUT2D eigenvalue weighted by molar-refractivity contribution is 5.73. The minimum atomic E-state index is -0.0131. The fraction of sp³-hybridized carbons (Fsp3) is 0.727. The van der Waals surface area contributed by atoms with Crippen LogP contribution in [0.2, 0.25) is 0 Å². The maximum absolute atomic E-state index is 11.0. The molecule has 1 aliphatic heterocycles. The van der Waals surface area contributed by atoms with Crippen LogP contribution in [0.5, 0.6) is 0 Å². The molecular weight excluding hydrogens is 164 g/mol. The molecule has 0 aromatic rings. The Hall–Kier alpha value is -0.790. The number of ether oxygens (including phenoxy) is 1. The Morgan fingerprint density at radius 1 is 1.54 bits per heavy atom. The molecule has 13 heavy (non-hydrogen) atoms. The molecule has 0 radical (unpaired) electrons. The van der Waals surface area contributed by atoms with Crippen LogP contribution in [0, 0.1) is 11.8 Å². The Labute approximate surface area is 79.0 Å². The van der Waals surface area contributed by atoms with E-state index in [9.17, 15) is 4.79 Å². The summed E-state index contributed by atoms with van der Waals surface area (Å²) in [6.07, 6.45) is 8.79. The summed E-state index contributed by atoms with van der Waals surface area (Å²) in [5.74, 6) is 0.867. The highest BCUT2D eigenvalue weighted by Gasteiger charge is 2.40. The van der Waals surface area contributed by atoms with E-state index in [0.29, 0.717) is 18.3 Å². The van der Waals surface area contributed by atoms with Gasteiger partial charge in [-0.2, -0.15) is 0 Å². The normalized spacial score (nSPS) is 36.4. The smallest absolute Gasteiger partial charge is 0.306 e. The Morgan fingerprint density at radius 3 is 3.15 bits per heavy atom. The maximum Gasteiger partial charge on any atom is 0.306 e. The van der Waals surface area contributed by atoms with E-state index in [1.54, 1.807) is 0 Å². The van der Waals surface area contributed by atoms with Crippen LogP contribution in [-0.4, -0.2) is 12.1 Å². The number of hydrogen-bond donors (Lipinski definition) is 0. The van der Waals surface area contributed by atoms with Crippen molar-refractivity contribution in [2.75, 3.05) is 0 Å². The van der Waals surface area contributed by atoms with Crippen molar-refractivity contribution < 1.29 is 9.53 Å². The first kappa shape index (κ1) is 8.79. The van der Waals surface area contributed by atoms with Crippen LogP contribution in [0.3, 0.4) is 0 Å². The number of hydrogen-bond acceptors (Lipinski definition) is 2. The monoisotopic (exact) mass is 180 g/mol. The molecule has 2 nitrogen and oxygen atoms in total. The highest BCUT2D eigenvalue weighted by atomic mass is 16.6. The van der Waals surface area contributed by atoms with Gasteiger partial charge in [0.25, 0.3) is 0 Å². The summed E-state index contributed by atoms with van der Waals surface area (Å²) in [4.78, 5) is 11.0. The molecule has 0 saturated carbocycles. The zero-order chi connectivity index (χ0) is 9.26. The van der Waals surface area contributed by atoms with Crippen molar-refractivity contribution in [1.29, 1.82) is 0 Å². The van der Waals surface area contributed by atoms with Crippen LogP contribution in [0.4, 0.5) is 0 Å². The largest absolute Gasteiger partial charge is 0.461 e. The van der Waals surface area contributed by atoms with E-state index in [1.165, 1.54) is 19.3 Å². The van der Waals surface area contributed by atoms with Gasteiger partial charge in [0.15, 0.2) is 0 Å². The Morgan fingerprint density at radius 2 is 2.38 bits per heavy atom. The third kappa shape index (κ3) is 1.62. The summed E-state index contributed by atoms with van der Waals surface area (Å²) in [6.45, 7) is 2.19. The van der Waals surface area contributed by atoms with Crippen molar-refractivity contribution in [2.24, 2.45) is 11.8 Å². The second-order valence-corrected chi connectivity index (χ2v) is 4.01. The van der Waals surface area contributed by atoms with Gasteiger partial charge in [-0.15, -0.1) is 0 Å². The topological polar surface area (TPSA) is 26.3 Å². The summed E-state index contributed by atoms with van der Waals surface area (Å²) in [6, 6.07) is 0. The minimum Gasteiger partial charge on any atom is -0.461 e. The van der Waals surface area contributed by atoms with E-state index in [-0.39, 0.29) is 12.1 Å². The van der Waals surface area contributed by atoms with Gasteiger partial charge in [0.05, 0.1) is 6.42 Å². The van der Waals surface area contributed by atoms with Crippen molar-refractivity contribution in [2.45, 2.75) is 38.7 Å². The van der Waals surface area contributed by atoms with Gasteiger partial charge in [-0.05, 0) is 6.42 Å². The van der Waals surface area contributed by atoms with Crippen molar-refractivity contribution in [3.05, 3.63) is 12.2 Å². The number of carbonyl (C=O) groups excluding carboxylic acids is 1. The van der Waals surface area contributed by atoms with Crippen LogP contribution in [-0.2, 0) is 9.53 Å². The van der Waals surface area contributed by atoms with Gasteiger partial charge in [-0.25, -0.2) is 0 Å². The van der Waals surface area contributed by atoms with Crippen molar-refractivity contribution in [3.8, 4) is 0 Å². The molecule has 1 fully saturated rings. The average Bonchev–Trinajstić information content (AvgIpc) is 2.61. The quantitative estimate of drug-likeness (QED) is 0.492. The first-order valence-electron chi connectivity index (χ1n) is 5.19. The van der Waals surface area contributed by atoms with E-state index in [4.69, 9.17) is 4.74 Å². The third-order valence-corrected chi connectivity index (χ3v) is 3.01. The van der Waals surface area contributed by atoms with E-state index in [0.717, 1.165) is 0 Å². The lowest BCUT2D eigenvalue weighted by Crippen LogP contribution is -2.19. The van der Waals surface area contributed by atoms with Crippen LogP contribution >= 0.6 is 0 Å². The highest BCUT2D eigenvalue weighted by Crippen LogP contribution is 2.37. The van der Waals surface area contributed by atoms with Gasteiger partial charge in [0, 0.05) is 11.8 Å². The van der Waals surface area contributed by atoms with Crippen LogP contribution in [0.1, 0.15) is 32.6 Å². The zero-order valence-electron chi connectivity index (χ0n) is 8.03. The lowest BCUT2D eigenvalue weighted by atomic mass is 9.95. The number of rotatable bonds is 3. The van der Waals surface area contributed by atoms with E-state index < -0.39 is 0 Å². The van der Waals surface area contributed by atoms with E-state index >= 15 is 0 Å². The number of unbranched alkanes of at least 4 members (excludes halogenated alkanes) is 1. The predicted octanol–water partition coefficient (Wildman–Crippen LogP) is 2.29. The summed E-state index contributed by atoms with van der Waals surface area (Å²) in [5, 5.41) is 0.